The Labute approximate surface area is 152 Å². The Morgan fingerprint density at radius 3 is 2.44 bits per heavy atom. The van der Waals surface area contributed by atoms with Crippen molar-refractivity contribution in [2.75, 3.05) is 6.54 Å². The van der Waals surface area contributed by atoms with Crippen LogP contribution in [0.5, 0.6) is 0 Å². The maximum Gasteiger partial charge on any atom is 0.202 e. The highest BCUT2D eigenvalue weighted by atomic mass is 32.1. The van der Waals surface area contributed by atoms with Crippen molar-refractivity contribution in [3.8, 4) is 11.4 Å². The van der Waals surface area contributed by atoms with E-state index in [4.69, 9.17) is 12.2 Å². The summed E-state index contributed by atoms with van der Waals surface area (Å²) >= 11 is 5.52. The highest BCUT2D eigenvalue weighted by Gasteiger charge is 2.16. The zero-order chi connectivity index (χ0) is 17.8. The number of hydrogen-bond donors (Lipinski definition) is 1. The van der Waals surface area contributed by atoms with Crippen LogP contribution in [0.15, 0.2) is 54.6 Å². The van der Waals surface area contributed by atoms with Crippen molar-refractivity contribution < 1.29 is 9.29 Å². The molecule has 3 rings (SSSR count). The number of nitrogens with zero attached hydrogens (tertiary/aromatic N) is 3. The molecule has 3 aromatic rings. The van der Waals surface area contributed by atoms with Crippen LogP contribution in [-0.4, -0.2) is 20.9 Å². The molecule has 130 valence electrons. The van der Waals surface area contributed by atoms with E-state index in [1.165, 1.54) is 16.5 Å². The molecule has 6 heteroatoms. The van der Waals surface area contributed by atoms with Gasteiger partial charge in [-0.2, -0.15) is 4.68 Å². The summed E-state index contributed by atoms with van der Waals surface area (Å²) in [5.74, 6) is 0.264. The third-order valence-corrected chi connectivity index (χ3v) is 4.81. The molecule has 2 aromatic carbocycles. The number of halogens is 1. The Kier molecular flexibility index (Phi) is 5.40. The molecule has 0 saturated carbocycles. The average molecular weight is 357 g/mol. The summed E-state index contributed by atoms with van der Waals surface area (Å²) < 4.78 is 18.3. The molecule has 4 nitrogen and oxygen atoms in total. The zero-order valence-corrected chi connectivity index (χ0v) is 15.3. The molecule has 0 fully saturated rings. The Morgan fingerprint density at radius 2 is 1.76 bits per heavy atom. The first-order valence-corrected chi connectivity index (χ1v) is 8.77. The summed E-state index contributed by atoms with van der Waals surface area (Å²) in [5.41, 5.74) is 1.74. The molecule has 0 aliphatic carbocycles. The second kappa shape index (κ2) is 7.72. The van der Waals surface area contributed by atoms with Crippen LogP contribution >= 0.6 is 12.2 Å². The van der Waals surface area contributed by atoms with Gasteiger partial charge in [0.1, 0.15) is 12.4 Å². The first-order valence-electron chi connectivity index (χ1n) is 8.36. The molecule has 0 aliphatic heterocycles. The normalized spacial score (nSPS) is 12.3. The standard InChI is InChI=1S/C19H21FN4S/c1-3-23(13-15-9-5-4-6-10-15)14-24-19(25)22(2)18(21-24)16-11-7-8-12-17(16)20/h4-12H,3,13-14H2,1-2H3/p+1. The van der Waals surface area contributed by atoms with E-state index in [0.717, 1.165) is 13.1 Å². The minimum atomic E-state index is -0.290. The molecule has 1 aromatic heterocycles. The lowest BCUT2D eigenvalue weighted by atomic mass is 10.2. The zero-order valence-electron chi connectivity index (χ0n) is 14.4. The van der Waals surface area contributed by atoms with Gasteiger partial charge in [-0.25, -0.2) is 4.39 Å². The Morgan fingerprint density at radius 1 is 1.08 bits per heavy atom. The van der Waals surface area contributed by atoms with Gasteiger partial charge in [0.05, 0.1) is 12.1 Å². The van der Waals surface area contributed by atoms with Crippen molar-refractivity contribution in [2.24, 2.45) is 7.05 Å². The van der Waals surface area contributed by atoms with E-state index in [1.807, 2.05) is 25.2 Å². The van der Waals surface area contributed by atoms with Crippen LogP contribution in [-0.2, 0) is 20.3 Å². The second-order valence-electron chi connectivity index (χ2n) is 6.07. The number of aromatic nitrogens is 3. The van der Waals surface area contributed by atoms with Crippen LogP contribution in [0.25, 0.3) is 11.4 Å². The maximum absolute atomic E-state index is 14.1. The summed E-state index contributed by atoms with van der Waals surface area (Å²) in [7, 11) is 1.83. The smallest absolute Gasteiger partial charge is 0.202 e. The lowest BCUT2D eigenvalue weighted by molar-refractivity contribution is -0.935. The van der Waals surface area contributed by atoms with Crippen LogP contribution < -0.4 is 4.90 Å². The van der Waals surface area contributed by atoms with E-state index in [2.05, 4.69) is 24.2 Å². The van der Waals surface area contributed by atoms with E-state index in [1.54, 1.807) is 27.4 Å². The predicted octanol–water partition coefficient (Wildman–Crippen LogP) is 2.82. The van der Waals surface area contributed by atoms with Gasteiger partial charge in [0, 0.05) is 12.6 Å². The predicted molar refractivity (Wildman–Crippen MR) is 99.1 cm³/mol. The fourth-order valence-corrected chi connectivity index (χ4v) is 3.05. The van der Waals surface area contributed by atoms with E-state index in [-0.39, 0.29) is 5.82 Å². The van der Waals surface area contributed by atoms with Gasteiger partial charge in [-0.05, 0) is 31.3 Å². The summed E-state index contributed by atoms with van der Waals surface area (Å²) in [6.07, 6.45) is 0. The number of hydrogen-bond acceptors (Lipinski definition) is 2. The molecule has 1 unspecified atom stereocenters. The van der Waals surface area contributed by atoms with Crippen LogP contribution in [0.4, 0.5) is 4.39 Å². The topological polar surface area (TPSA) is 27.2 Å². The molecule has 0 amide bonds. The van der Waals surface area contributed by atoms with Gasteiger partial charge in [0.2, 0.25) is 4.77 Å². The molecular formula is C19H22FN4S+. The third-order valence-electron chi connectivity index (χ3n) is 4.33. The van der Waals surface area contributed by atoms with Gasteiger partial charge < -0.3 is 9.47 Å². The fraction of sp³-hybridized carbons (Fsp3) is 0.263. The monoisotopic (exact) mass is 357 g/mol. The third kappa shape index (κ3) is 3.86. The molecule has 0 aliphatic rings. The minimum Gasteiger partial charge on any atom is -0.313 e. The van der Waals surface area contributed by atoms with Gasteiger partial charge in [-0.15, -0.1) is 5.10 Å². The highest BCUT2D eigenvalue weighted by Crippen LogP contribution is 2.20. The Bertz CT molecular complexity index is 901. The van der Waals surface area contributed by atoms with Crippen LogP contribution in [0.1, 0.15) is 12.5 Å². The molecule has 0 spiro atoms. The molecule has 0 bridgehead atoms. The molecular weight excluding hydrogens is 335 g/mol. The molecule has 1 atom stereocenters. The van der Waals surface area contributed by atoms with Crippen molar-refractivity contribution in [1.82, 2.24) is 14.3 Å². The first-order chi connectivity index (χ1) is 12.1. The largest absolute Gasteiger partial charge is 0.313 e. The second-order valence-corrected chi connectivity index (χ2v) is 6.43. The van der Waals surface area contributed by atoms with Crippen LogP contribution in [0, 0.1) is 10.6 Å². The summed E-state index contributed by atoms with van der Waals surface area (Å²) in [6.45, 7) is 4.63. The Balaban J connectivity index is 1.87. The molecule has 0 saturated heterocycles. The van der Waals surface area contributed by atoms with Crippen LogP contribution in [0.3, 0.4) is 0 Å². The maximum atomic E-state index is 14.1. The van der Waals surface area contributed by atoms with E-state index in [0.29, 0.717) is 22.8 Å². The van der Waals surface area contributed by atoms with Crippen molar-refractivity contribution in [1.29, 1.82) is 0 Å². The van der Waals surface area contributed by atoms with E-state index < -0.39 is 0 Å². The van der Waals surface area contributed by atoms with Gasteiger partial charge >= 0.3 is 0 Å². The van der Waals surface area contributed by atoms with Crippen molar-refractivity contribution in [3.63, 3.8) is 0 Å². The first kappa shape index (κ1) is 17.5. The Hall–Kier alpha value is -2.31. The lowest BCUT2D eigenvalue weighted by Gasteiger charge is -2.17. The summed E-state index contributed by atoms with van der Waals surface area (Å²) in [5, 5.41) is 4.58. The fourth-order valence-electron chi connectivity index (χ4n) is 2.86. The van der Waals surface area contributed by atoms with Crippen molar-refractivity contribution in [2.45, 2.75) is 20.1 Å². The SMILES string of the molecule is CC[NH+](Cc1ccccc1)Cn1nc(-c2ccccc2F)n(C)c1=S. The van der Waals surface area contributed by atoms with Gasteiger partial charge in [-0.1, -0.05) is 42.5 Å². The molecule has 1 N–H and O–H groups in total. The number of benzene rings is 2. The van der Waals surface area contributed by atoms with E-state index >= 15 is 0 Å². The minimum absolute atomic E-state index is 0.290. The average Bonchev–Trinajstić information content (AvgIpc) is 2.91. The van der Waals surface area contributed by atoms with Gasteiger partial charge in [-0.3, -0.25) is 0 Å². The highest BCUT2D eigenvalue weighted by molar-refractivity contribution is 7.71. The molecule has 0 radical (unpaired) electrons. The van der Waals surface area contributed by atoms with Crippen molar-refractivity contribution in [3.05, 3.63) is 70.7 Å². The van der Waals surface area contributed by atoms with Crippen LogP contribution in [0.2, 0.25) is 0 Å². The quantitative estimate of drug-likeness (QED) is 0.687. The van der Waals surface area contributed by atoms with Gasteiger partial charge in [0.25, 0.3) is 0 Å². The summed E-state index contributed by atoms with van der Waals surface area (Å²) in [6, 6.07) is 17.0. The molecule has 1 heterocycles. The van der Waals surface area contributed by atoms with Gasteiger partial charge in [0.15, 0.2) is 12.5 Å². The number of quaternary nitrogens is 1. The van der Waals surface area contributed by atoms with Crippen molar-refractivity contribution >= 4 is 12.2 Å². The number of rotatable bonds is 6. The lowest BCUT2D eigenvalue weighted by Crippen LogP contribution is -3.09. The molecule has 25 heavy (non-hydrogen) atoms. The van der Waals surface area contributed by atoms with E-state index in [9.17, 15) is 4.39 Å². The number of nitrogens with one attached hydrogen (secondary N) is 1. The summed E-state index contributed by atoms with van der Waals surface area (Å²) in [4.78, 5) is 1.33.